The van der Waals surface area contributed by atoms with Crippen LogP contribution in [0.3, 0.4) is 0 Å². The quantitative estimate of drug-likeness (QED) is 0.880. The van der Waals surface area contributed by atoms with Gasteiger partial charge in [-0.3, -0.25) is 9.59 Å². The highest BCUT2D eigenvalue weighted by Crippen LogP contribution is 2.36. The minimum absolute atomic E-state index is 0.0746. The number of aryl methyl sites for hydroxylation is 1. The Hall–Kier alpha value is -2.34. The zero-order valence-electron chi connectivity index (χ0n) is 12.6. The van der Waals surface area contributed by atoms with E-state index in [1.165, 1.54) is 30.0 Å². The second-order valence-corrected chi connectivity index (χ2v) is 6.76. The summed E-state index contributed by atoms with van der Waals surface area (Å²) in [6, 6.07) is 9.38. The molecule has 0 bridgehead atoms. The van der Waals surface area contributed by atoms with Crippen molar-refractivity contribution in [3.8, 4) is 0 Å². The normalized spacial score (nSPS) is 16.5. The Morgan fingerprint density at radius 3 is 2.78 bits per heavy atom. The Morgan fingerprint density at radius 1 is 1.26 bits per heavy atom. The van der Waals surface area contributed by atoms with Crippen LogP contribution in [0.5, 0.6) is 0 Å². The zero-order valence-corrected chi connectivity index (χ0v) is 13.5. The first-order chi connectivity index (χ1) is 10.9. The largest absolute Gasteiger partial charge is 0.324 e. The summed E-state index contributed by atoms with van der Waals surface area (Å²) >= 11 is 1.46. The van der Waals surface area contributed by atoms with E-state index in [0.29, 0.717) is 22.5 Å². The van der Waals surface area contributed by atoms with Gasteiger partial charge in [0.05, 0.1) is 10.9 Å². The molecule has 4 nitrogen and oxygen atoms in total. The van der Waals surface area contributed by atoms with Crippen LogP contribution in [0.4, 0.5) is 15.8 Å². The van der Waals surface area contributed by atoms with Crippen LogP contribution >= 0.6 is 11.8 Å². The summed E-state index contributed by atoms with van der Waals surface area (Å²) in [5, 5.41) is 5.40. The maximum Gasteiger partial charge on any atom is 0.255 e. The molecule has 1 aliphatic heterocycles. The van der Waals surface area contributed by atoms with E-state index in [9.17, 15) is 14.0 Å². The Bertz CT molecular complexity index is 807. The van der Waals surface area contributed by atoms with E-state index in [2.05, 4.69) is 10.6 Å². The first kappa shape index (κ1) is 15.6. The second kappa shape index (κ2) is 6.04. The number of carbonyl (C=O) groups is 2. The molecule has 0 spiro atoms. The van der Waals surface area contributed by atoms with Crippen molar-refractivity contribution in [2.45, 2.75) is 24.0 Å². The van der Waals surface area contributed by atoms with Crippen molar-refractivity contribution in [3.63, 3.8) is 0 Å². The average molecular weight is 330 g/mol. The molecule has 0 radical (unpaired) electrons. The molecule has 0 aliphatic carbocycles. The SMILES string of the molecule is Cc1cc(F)ccc1NC(=O)c1ccc2c(c1)NC(=O)C(C)S2. The van der Waals surface area contributed by atoms with Crippen LogP contribution in [0.2, 0.25) is 0 Å². The van der Waals surface area contributed by atoms with Crippen molar-refractivity contribution in [1.82, 2.24) is 0 Å². The molecule has 1 unspecified atom stereocenters. The number of rotatable bonds is 2. The van der Waals surface area contributed by atoms with Crippen LogP contribution in [0, 0.1) is 12.7 Å². The van der Waals surface area contributed by atoms with Crippen molar-refractivity contribution in [2.24, 2.45) is 0 Å². The predicted molar refractivity (Wildman–Crippen MR) is 89.5 cm³/mol. The van der Waals surface area contributed by atoms with Gasteiger partial charge in [0.15, 0.2) is 0 Å². The molecule has 1 aliphatic rings. The summed E-state index contributed by atoms with van der Waals surface area (Å²) in [7, 11) is 0. The number of fused-ring (bicyclic) bond motifs is 1. The smallest absolute Gasteiger partial charge is 0.255 e. The number of nitrogens with one attached hydrogen (secondary N) is 2. The van der Waals surface area contributed by atoms with Crippen LogP contribution in [0.25, 0.3) is 0 Å². The van der Waals surface area contributed by atoms with E-state index in [4.69, 9.17) is 0 Å². The van der Waals surface area contributed by atoms with Gasteiger partial charge in [-0.2, -0.15) is 0 Å². The second-order valence-electron chi connectivity index (χ2n) is 5.37. The molecule has 2 aromatic rings. The van der Waals surface area contributed by atoms with Gasteiger partial charge in [-0.1, -0.05) is 0 Å². The molecular formula is C17H15FN2O2S. The Balaban J connectivity index is 1.83. The fraction of sp³-hybridized carbons (Fsp3) is 0.176. The number of hydrogen-bond donors (Lipinski definition) is 2. The number of thioether (sulfide) groups is 1. The first-order valence-electron chi connectivity index (χ1n) is 7.13. The monoisotopic (exact) mass is 330 g/mol. The van der Waals surface area contributed by atoms with E-state index in [-0.39, 0.29) is 22.9 Å². The topological polar surface area (TPSA) is 58.2 Å². The third kappa shape index (κ3) is 3.22. The molecule has 23 heavy (non-hydrogen) atoms. The lowest BCUT2D eigenvalue weighted by Gasteiger charge is -2.21. The van der Waals surface area contributed by atoms with Crippen LogP contribution in [0.15, 0.2) is 41.3 Å². The Kier molecular flexibility index (Phi) is 4.09. The molecule has 3 rings (SSSR count). The van der Waals surface area contributed by atoms with Crippen LogP contribution in [-0.2, 0) is 4.79 Å². The molecule has 2 amide bonds. The maximum absolute atomic E-state index is 13.1. The van der Waals surface area contributed by atoms with E-state index >= 15 is 0 Å². The number of anilines is 2. The third-order valence-electron chi connectivity index (χ3n) is 3.61. The average Bonchev–Trinajstić information content (AvgIpc) is 2.50. The third-order valence-corrected chi connectivity index (χ3v) is 4.79. The van der Waals surface area contributed by atoms with Gasteiger partial charge in [0, 0.05) is 16.1 Å². The summed E-state index contributed by atoms with van der Waals surface area (Å²) < 4.78 is 13.1. The number of hydrogen-bond acceptors (Lipinski definition) is 3. The maximum atomic E-state index is 13.1. The number of halogens is 1. The fourth-order valence-electron chi connectivity index (χ4n) is 2.31. The minimum Gasteiger partial charge on any atom is -0.324 e. The summed E-state index contributed by atoms with van der Waals surface area (Å²) in [5.74, 6) is -0.724. The van der Waals surface area contributed by atoms with Crippen molar-refractivity contribution in [3.05, 3.63) is 53.3 Å². The van der Waals surface area contributed by atoms with E-state index in [0.717, 1.165) is 4.90 Å². The van der Waals surface area contributed by atoms with Crippen molar-refractivity contribution in [2.75, 3.05) is 10.6 Å². The Labute approximate surface area is 137 Å². The Morgan fingerprint density at radius 2 is 2.04 bits per heavy atom. The molecular weight excluding hydrogens is 315 g/mol. The van der Waals surface area contributed by atoms with Crippen LogP contribution in [-0.4, -0.2) is 17.1 Å². The standard InChI is InChI=1S/C17H15FN2O2S/c1-9-7-12(18)4-5-13(9)19-17(22)11-3-6-15-14(8-11)20-16(21)10(2)23-15/h3-8,10H,1-2H3,(H,19,22)(H,20,21). The summed E-state index contributed by atoms with van der Waals surface area (Å²) in [6.45, 7) is 3.56. The lowest BCUT2D eigenvalue weighted by Crippen LogP contribution is -2.26. The van der Waals surface area contributed by atoms with Gasteiger partial charge >= 0.3 is 0 Å². The van der Waals surface area contributed by atoms with Gasteiger partial charge in [-0.25, -0.2) is 4.39 Å². The van der Waals surface area contributed by atoms with Gasteiger partial charge in [-0.05, 0) is 55.8 Å². The minimum atomic E-state index is -0.344. The van der Waals surface area contributed by atoms with Crippen molar-refractivity contribution in [1.29, 1.82) is 0 Å². The summed E-state index contributed by atoms with van der Waals surface area (Å²) in [4.78, 5) is 25.0. The van der Waals surface area contributed by atoms with Gasteiger partial charge in [0.2, 0.25) is 5.91 Å². The molecule has 0 aromatic heterocycles. The lowest BCUT2D eigenvalue weighted by atomic mass is 10.1. The molecule has 118 valence electrons. The van der Waals surface area contributed by atoms with Crippen molar-refractivity contribution >= 4 is 35.0 Å². The molecule has 0 saturated carbocycles. The molecule has 2 aromatic carbocycles. The van der Waals surface area contributed by atoms with E-state index < -0.39 is 0 Å². The van der Waals surface area contributed by atoms with Gasteiger partial charge in [-0.15, -0.1) is 11.8 Å². The highest BCUT2D eigenvalue weighted by Gasteiger charge is 2.23. The number of carbonyl (C=O) groups excluding carboxylic acids is 2. The highest BCUT2D eigenvalue weighted by molar-refractivity contribution is 8.00. The summed E-state index contributed by atoms with van der Waals surface area (Å²) in [5.41, 5.74) is 2.28. The molecule has 0 fully saturated rings. The van der Waals surface area contributed by atoms with Crippen molar-refractivity contribution < 1.29 is 14.0 Å². The van der Waals surface area contributed by atoms with Crippen LogP contribution < -0.4 is 10.6 Å². The number of benzene rings is 2. The number of amides is 2. The first-order valence-corrected chi connectivity index (χ1v) is 8.01. The van der Waals surface area contributed by atoms with Gasteiger partial charge in [0.25, 0.3) is 5.91 Å². The zero-order chi connectivity index (χ0) is 16.6. The molecule has 1 heterocycles. The predicted octanol–water partition coefficient (Wildman–Crippen LogP) is 3.82. The van der Waals surface area contributed by atoms with Gasteiger partial charge in [0.1, 0.15) is 5.82 Å². The summed E-state index contributed by atoms with van der Waals surface area (Å²) in [6.07, 6.45) is 0. The fourth-order valence-corrected chi connectivity index (χ4v) is 3.24. The highest BCUT2D eigenvalue weighted by atomic mass is 32.2. The lowest BCUT2D eigenvalue weighted by molar-refractivity contribution is -0.115. The van der Waals surface area contributed by atoms with E-state index in [1.54, 1.807) is 19.1 Å². The molecule has 1 atom stereocenters. The molecule has 0 saturated heterocycles. The van der Waals surface area contributed by atoms with Gasteiger partial charge < -0.3 is 10.6 Å². The van der Waals surface area contributed by atoms with E-state index in [1.807, 2.05) is 13.0 Å². The molecule has 6 heteroatoms. The van der Waals surface area contributed by atoms with Crippen LogP contribution in [0.1, 0.15) is 22.8 Å². The molecule has 2 N–H and O–H groups in total.